The Hall–Kier alpha value is -0.660. The van der Waals surface area contributed by atoms with Crippen molar-refractivity contribution in [1.29, 1.82) is 0 Å². The molecule has 1 heterocycles. The zero-order valence-electron chi connectivity index (χ0n) is 4.96. The first-order chi connectivity index (χ1) is 3.89. The van der Waals surface area contributed by atoms with Gasteiger partial charge >= 0.3 is 0 Å². The Morgan fingerprint density at radius 3 is 1.75 bits per heavy atom. The van der Waals surface area contributed by atoms with Crippen LogP contribution in [0.1, 0.15) is 6.92 Å². The topological polar surface area (TPSA) is 18.5 Å². The van der Waals surface area contributed by atoms with Crippen molar-refractivity contribution in [1.82, 2.24) is 0 Å². The van der Waals surface area contributed by atoms with Crippen LogP contribution < -0.4 is 0 Å². The molecule has 0 spiro atoms. The van der Waals surface area contributed by atoms with Crippen LogP contribution in [0, 0.1) is 13.8 Å². The molecule has 2 radical (unpaired) electrons. The Morgan fingerprint density at radius 1 is 1.25 bits per heavy atom. The van der Waals surface area contributed by atoms with Crippen LogP contribution in [0.25, 0.3) is 0 Å². The lowest BCUT2D eigenvalue weighted by atomic mass is 10.8. The van der Waals surface area contributed by atoms with E-state index in [1.165, 1.54) is 12.5 Å². The maximum Gasteiger partial charge on any atom is 0.239 e. The number of ether oxygens (including phenoxy) is 2. The minimum atomic E-state index is -0.315. The molecule has 0 aromatic rings. The Kier molecular flexibility index (Phi) is 4.13. The normalized spacial score (nSPS) is 15.9. The van der Waals surface area contributed by atoms with Crippen LogP contribution in [-0.4, -0.2) is 6.29 Å². The van der Waals surface area contributed by atoms with Crippen molar-refractivity contribution in [2.75, 3.05) is 0 Å². The van der Waals surface area contributed by atoms with Gasteiger partial charge in [-0.25, -0.2) is 0 Å². The van der Waals surface area contributed by atoms with Gasteiger partial charge in [0.1, 0.15) is 12.5 Å². The van der Waals surface area contributed by atoms with Crippen molar-refractivity contribution >= 4 is 0 Å². The van der Waals surface area contributed by atoms with E-state index in [0.717, 1.165) is 0 Å². The van der Waals surface area contributed by atoms with Gasteiger partial charge in [0.05, 0.1) is 0 Å². The summed E-state index contributed by atoms with van der Waals surface area (Å²) in [5, 5.41) is 0. The molecule has 1 aliphatic rings. The molecule has 0 atom stereocenters. The number of hydrogen-bond acceptors (Lipinski definition) is 2. The molecule has 0 fully saturated rings. The fourth-order valence-corrected chi connectivity index (χ4v) is 0.271. The summed E-state index contributed by atoms with van der Waals surface area (Å²) in [7, 11) is 0. The third kappa shape index (κ3) is 2.50. The molecule has 0 amide bonds. The highest BCUT2D eigenvalue weighted by atomic mass is 16.7. The molecule has 1 aliphatic heterocycles. The zero-order valence-corrected chi connectivity index (χ0v) is 4.96. The third-order valence-corrected chi connectivity index (χ3v) is 0.516. The summed E-state index contributed by atoms with van der Waals surface area (Å²) in [6, 6.07) is 0. The van der Waals surface area contributed by atoms with Crippen molar-refractivity contribution < 1.29 is 9.47 Å². The first-order valence-corrected chi connectivity index (χ1v) is 2.39. The minimum Gasteiger partial charge on any atom is -0.459 e. The van der Waals surface area contributed by atoms with E-state index in [-0.39, 0.29) is 6.29 Å². The molecule has 0 N–H and O–H groups in total. The Morgan fingerprint density at radius 2 is 1.62 bits per heavy atom. The Balaban J connectivity index is 0.000000222. The Labute approximate surface area is 50.1 Å². The molecule has 0 saturated heterocycles. The summed E-state index contributed by atoms with van der Waals surface area (Å²) in [5.74, 6) is 0. The fraction of sp³-hybridized carbons (Fsp3) is 0.333. The van der Waals surface area contributed by atoms with Gasteiger partial charge in [0.15, 0.2) is 0 Å². The van der Waals surface area contributed by atoms with E-state index in [9.17, 15) is 0 Å². The molecule has 0 bridgehead atoms. The van der Waals surface area contributed by atoms with E-state index >= 15 is 0 Å². The van der Waals surface area contributed by atoms with Crippen LogP contribution in [0.3, 0.4) is 0 Å². The summed E-state index contributed by atoms with van der Waals surface area (Å²) >= 11 is 0. The standard InChI is InChI=1S/C4H5O2.C2H5/c1-4-5-2-3-6-4;1-2/h2-4H,1H2;1H2,2H3. The van der Waals surface area contributed by atoms with Crippen molar-refractivity contribution in [3.05, 3.63) is 26.4 Å². The van der Waals surface area contributed by atoms with Gasteiger partial charge in [-0.2, -0.15) is 0 Å². The van der Waals surface area contributed by atoms with Gasteiger partial charge in [-0.05, 0) is 0 Å². The van der Waals surface area contributed by atoms with E-state index in [1.807, 2.05) is 0 Å². The van der Waals surface area contributed by atoms with Crippen molar-refractivity contribution in [2.24, 2.45) is 0 Å². The van der Waals surface area contributed by atoms with Crippen LogP contribution in [-0.2, 0) is 9.47 Å². The van der Waals surface area contributed by atoms with Gasteiger partial charge in [0, 0.05) is 6.92 Å². The van der Waals surface area contributed by atoms with Crippen molar-refractivity contribution in [3.8, 4) is 0 Å². The van der Waals surface area contributed by atoms with Crippen LogP contribution in [0.15, 0.2) is 12.5 Å². The van der Waals surface area contributed by atoms with Gasteiger partial charge in [-0.1, -0.05) is 13.8 Å². The summed E-state index contributed by atoms with van der Waals surface area (Å²) in [4.78, 5) is 0. The molecule has 0 aliphatic carbocycles. The van der Waals surface area contributed by atoms with E-state index in [0.29, 0.717) is 0 Å². The highest BCUT2D eigenvalue weighted by Gasteiger charge is 2.00. The van der Waals surface area contributed by atoms with E-state index in [2.05, 4.69) is 23.3 Å². The summed E-state index contributed by atoms with van der Waals surface area (Å²) in [6.45, 7) is 8.43. The van der Waals surface area contributed by atoms with Gasteiger partial charge in [-0.15, -0.1) is 0 Å². The van der Waals surface area contributed by atoms with E-state index in [4.69, 9.17) is 0 Å². The smallest absolute Gasteiger partial charge is 0.239 e. The highest BCUT2D eigenvalue weighted by molar-refractivity contribution is 4.71. The Bertz CT molecular complexity index is 60.9. The summed E-state index contributed by atoms with van der Waals surface area (Å²) in [5.41, 5.74) is 0. The molecular formula is C6H10O2. The van der Waals surface area contributed by atoms with Crippen molar-refractivity contribution in [3.63, 3.8) is 0 Å². The van der Waals surface area contributed by atoms with Gasteiger partial charge < -0.3 is 9.47 Å². The maximum absolute atomic E-state index is 4.64. The SMILES string of the molecule is [CH2]C.[CH2]C1OC=CO1. The number of rotatable bonds is 0. The average Bonchev–Trinajstić information content (AvgIpc) is 2.24. The van der Waals surface area contributed by atoms with Crippen LogP contribution in [0.2, 0.25) is 0 Å². The lowest BCUT2D eigenvalue weighted by molar-refractivity contribution is 0.0166. The molecule has 0 aromatic carbocycles. The molecule has 0 saturated carbocycles. The van der Waals surface area contributed by atoms with E-state index < -0.39 is 0 Å². The van der Waals surface area contributed by atoms with Gasteiger partial charge in [0.25, 0.3) is 0 Å². The summed E-state index contributed by atoms with van der Waals surface area (Å²) < 4.78 is 9.28. The number of hydrogen-bond donors (Lipinski definition) is 0. The van der Waals surface area contributed by atoms with Gasteiger partial charge in [-0.3, -0.25) is 0 Å². The maximum atomic E-state index is 4.64. The highest BCUT2D eigenvalue weighted by Crippen LogP contribution is 2.00. The lowest BCUT2D eigenvalue weighted by Crippen LogP contribution is -1.98. The molecule has 0 aromatic heterocycles. The average molecular weight is 114 g/mol. The molecule has 1 rings (SSSR count). The minimum absolute atomic E-state index is 0.315. The largest absolute Gasteiger partial charge is 0.459 e. The predicted molar refractivity (Wildman–Crippen MR) is 31.5 cm³/mol. The second-order valence-corrected chi connectivity index (χ2v) is 0.974. The molecule has 2 nitrogen and oxygen atoms in total. The molecule has 0 unspecified atom stereocenters. The van der Waals surface area contributed by atoms with Gasteiger partial charge in [0.2, 0.25) is 6.29 Å². The quantitative estimate of drug-likeness (QED) is 0.475. The zero-order chi connectivity index (χ0) is 6.41. The van der Waals surface area contributed by atoms with Crippen molar-refractivity contribution in [2.45, 2.75) is 13.2 Å². The second-order valence-electron chi connectivity index (χ2n) is 0.974. The van der Waals surface area contributed by atoms with E-state index in [1.54, 1.807) is 6.92 Å². The first kappa shape index (κ1) is 7.34. The summed E-state index contributed by atoms with van der Waals surface area (Å²) in [6.07, 6.45) is 2.62. The lowest BCUT2D eigenvalue weighted by Gasteiger charge is -1.98. The fourth-order valence-electron chi connectivity index (χ4n) is 0.271. The monoisotopic (exact) mass is 114 g/mol. The van der Waals surface area contributed by atoms with Crippen LogP contribution in [0.5, 0.6) is 0 Å². The van der Waals surface area contributed by atoms with Crippen LogP contribution in [0.4, 0.5) is 0 Å². The molecular weight excluding hydrogens is 104 g/mol. The molecule has 46 valence electrons. The third-order valence-electron chi connectivity index (χ3n) is 0.516. The second kappa shape index (κ2) is 4.50. The first-order valence-electron chi connectivity index (χ1n) is 2.39. The van der Waals surface area contributed by atoms with Crippen LogP contribution >= 0.6 is 0 Å². The predicted octanol–water partition coefficient (Wildman–Crippen LogP) is 1.50. The molecule has 2 heteroatoms. The molecule has 8 heavy (non-hydrogen) atoms.